The maximum absolute atomic E-state index is 12.5. The second kappa shape index (κ2) is 10.5. The molecule has 2 aromatic carbocycles. The molecule has 0 aliphatic heterocycles. The zero-order chi connectivity index (χ0) is 19.6. The third kappa shape index (κ3) is 6.20. The van der Waals surface area contributed by atoms with E-state index in [2.05, 4.69) is 12.2 Å². The maximum Gasteiger partial charge on any atom is 0.261 e. The molecule has 0 radical (unpaired) electrons. The lowest BCUT2D eigenvalue weighted by Crippen LogP contribution is -2.37. The van der Waals surface area contributed by atoms with E-state index in [9.17, 15) is 4.79 Å². The summed E-state index contributed by atoms with van der Waals surface area (Å²) in [6, 6.07) is 13.4. The molecule has 0 saturated heterocycles. The normalized spacial score (nSPS) is 11.6. The van der Waals surface area contributed by atoms with Gasteiger partial charge in [0.25, 0.3) is 5.91 Å². The van der Waals surface area contributed by atoms with E-state index in [1.165, 1.54) is 0 Å². The number of nitrogens with one attached hydrogen (secondary N) is 1. The van der Waals surface area contributed by atoms with Crippen LogP contribution in [0.5, 0.6) is 17.2 Å². The van der Waals surface area contributed by atoms with Crippen molar-refractivity contribution in [3.8, 4) is 17.2 Å². The zero-order valence-corrected chi connectivity index (χ0v) is 16.6. The molecule has 146 valence electrons. The Hall–Kier alpha value is -2.69. The van der Waals surface area contributed by atoms with Gasteiger partial charge in [-0.25, -0.2) is 0 Å². The lowest BCUT2D eigenvalue weighted by Gasteiger charge is -2.18. The van der Waals surface area contributed by atoms with Gasteiger partial charge in [-0.2, -0.15) is 0 Å². The van der Waals surface area contributed by atoms with E-state index in [0.717, 1.165) is 17.5 Å². The molecule has 1 N–H and O–H groups in total. The van der Waals surface area contributed by atoms with Crippen LogP contribution in [0.15, 0.2) is 42.5 Å². The molecular weight excluding hydrogens is 342 g/mol. The first kappa shape index (κ1) is 20.6. The van der Waals surface area contributed by atoms with Gasteiger partial charge in [0.15, 0.2) is 17.6 Å². The molecule has 27 heavy (non-hydrogen) atoms. The van der Waals surface area contributed by atoms with Crippen molar-refractivity contribution < 1.29 is 19.0 Å². The van der Waals surface area contributed by atoms with E-state index in [-0.39, 0.29) is 5.91 Å². The maximum atomic E-state index is 12.5. The Morgan fingerprint density at radius 2 is 1.81 bits per heavy atom. The van der Waals surface area contributed by atoms with E-state index in [4.69, 9.17) is 14.2 Å². The molecule has 0 saturated carbocycles. The third-order valence-corrected chi connectivity index (χ3v) is 4.12. The summed E-state index contributed by atoms with van der Waals surface area (Å²) in [6.07, 6.45) is 0.995. The van der Waals surface area contributed by atoms with Crippen LogP contribution in [0.3, 0.4) is 0 Å². The summed E-state index contributed by atoms with van der Waals surface area (Å²) in [5.41, 5.74) is 2.09. The second-order valence-electron chi connectivity index (χ2n) is 6.38. The summed E-state index contributed by atoms with van der Waals surface area (Å²) in [6.45, 7) is 7.04. The van der Waals surface area contributed by atoms with Crippen molar-refractivity contribution in [2.75, 3.05) is 13.7 Å². The van der Waals surface area contributed by atoms with Crippen LogP contribution in [0.2, 0.25) is 0 Å². The van der Waals surface area contributed by atoms with Crippen molar-refractivity contribution in [3.05, 3.63) is 53.6 Å². The fraction of sp³-hybridized carbons (Fsp3) is 0.409. The number of rotatable bonds is 10. The monoisotopic (exact) mass is 371 g/mol. The van der Waals surface area contributed by atoms with E-state index in [0.29, 0.717) is 36.8 Å². The number of benzene rings is 2. The van der Waals surface area contributed by atoms with Crippen LogP contribution < -0.4 is 19.5 Å². The molecule has 0 bridgehead atoms. The molecule has 5 heteroatoms. The van der Waals surface area contributed by atoms with Gasteiger partial charge in [-0.1, -0.05) is 37.6 Å². The molecule has 1 amide bonds. The van der Waals surface area contributed by atoms with Crippen molar-refractivity contribution >= 4 is 5.91 Å². The predicted octanol–water partition coefficient (Wildman–Crippen LogP) is 4.27. The number of methoxy groups -OCH3 is 1. The van der Waals surface area contributed by atoms with Crippen LogP contribution in [0, 0.1) is 6.92 Å². The van der Waals surface area contributed by atoms with Gasteiger partial charge in [-0.15, -0.1) is 0 Å². The molecular formula is C22H29NO4. The van der Waals surface area contributed by atoms with Crippen LogP contribution in [-0.4, -0.2) is 25.7 Å². The largest absolute Gasteiger partial charge is 0.493 e. The van der Waals surface area contributed by atoms with E-state index in [1.54, 1.807) is 7.11 Å². The average Bonchev–Trinajstić information content (AvgIpc) is 2.70. The molecule has 2 aromatic rings. The van der Waals surface area contributed by atoms with Crippen LogP contribution in [0.4, 0.5) is 0 Å². The molecule has 0 fully saturated rings. The standard InChI is InChI=1S/C22H29NO4/c1-5-13-26-20-12-9-17(14-21(20)25-4)15-23-22(24)19(6-2)27-18-10-7-16(3)8-11-18/h7-12,14,19H,5-6,13,15H2,1-4H3,(H,23,24). The van der Waals surface area contributed by atoms with Gasteiger partial charge in [-0.05, 0) is 49.6 Å². The SMILES string of the molecule is CCCOc1ccc(CNC(=O)C(CC)Oc2ccc(C)cc2)cc1OC. The zero-order valence-electron chi connectivity index (χ0n) is 16.6. The van der Waals surface area contributed by atoms with Crippen LogP contribution in [0.25, 0.3) is 0 Å². The Morgan fingerprint density at radius 1 is 1.07 bits per heavy atom. The van der Waals surface area contributed by atoms with E-state index < -0.39 is 6.10 Å². The number of carbonyl (C=O) groups excluding carboxylic acids is 1. The van der Waals surface area contributed by atoms with E-state index in [1.807, 2.05) is 56.3 Å². The van der Waals surface area contributed by atoms with Gasteiger partial charge in [0.2, 0.25) is 0 Å². The van der Waals surface area contributed by atoms with E-state index >= 15 is 0 Å². The Bertz CT molecular complexity index is 728. The lowest BCUT2D eigenvalue weighted by molar-refractivity contribution is -0.128. The quantitative estimate of drug-likeness (QED) is 0.678. The van der Waals surface area contributed by atoms with Crippen molar-refractivity contribution in [2.24, 2.45) is 0 Å². The topological polar surface area (TPSA) is 56.8 Å². The van der Waals surface area contributed by atoms with Gasteiger partial charge < -0.3 is 19.5 Å². The van der Waals surface area contributed by atoms with Crippen molar-refractivity contribution in [1.29, 1.82) is 0 Å². The van der Waals surface area contributed by atoms with Gasteiger partial charge in [0.1, 0.15) is 5.75 Å². The Balaban J connectivity index is 1.95. The minimum absolute atomic E-state index is 0.136. The molecule has 0 aliphatic rings. The number of amides is 1. The molecule has 0 aromatic heterocycles. The highest BCUT2D eigenvalue weighted by Gasteiger charge is 2.18. The third-order valence-electron chi connectivity index (χ3n) is 4.12. The summed E-state index contributed by atoms with van der Waals surface area (Å²) in [5, 5.41) is 2.94. The molecule has 0 heterocycles. The smallest absolute Gasteiger partial charge is 0.261 e. The summed E-state index contributed by atoms with van der Waals surface area (Å²) in [5.74, 6) is 1.94. The van der Waals surface area contributed by atoms with Crippen molar-refractivity contribution in [2.45, 2.75) is 46.3 Å². The van der Waals surface area contributed by atoms with Crippen molar-refractivity contribution in [1.82, 2.24) is 5.32 Å². The fourth-order valence-electron chi connectivity index (χ4n) is 2.56. The number of hydrogen-bond acceptors (Lipinski definition) is 4. The first-order valence-electron chi connectivity index (χ1n) is 9.38. The molecule has 1 unspecified atom stereocenters. The lowest BCUT2D eigenvalue weighted by atomic mass is 10.2. The second-order valence-corrected chi connectivity index (χ2v) is 6.38. The minimum atomic E-state index is -0.526. The highest BCUT2D eigenvalue weighted by Crippen LogP contribution is 2.28. The van der Waals surface area contributed by atoms with Gasteiger partial charge in [-0.3, -0.25) is 4.79 Å². The van der Waals surface area contributed by atoms with Crippen LogP contribution in [0.1, 0.15) is 37.8 Å². The number of carbonyl (C=O) groups is 1. The van der Waals surface area contributed by atoms with Gasteiger partial charge in [0, 0.05) is 6.54 Å². The molecule has 5 nitrogen and oxygen atoms in total. The minimum Gasteiger partial charge on any atom is -0.493 e. The molecule has 0 spiro atoms. The average molecular weight is 371 g/mol. The molecule has 0 aliphatic carbocycles. The Labute approximate surface area is 161 Å². The molecule has 1 atom stereocenters. The molecule has 2 rings (SSSR count). The summed E-state index contributed by atoms with van der Waals surface area (Å²) < 4.78 is 16.9. The number of aryl methyl sites for hydroxylation is 1. The van der Waals surface area contributed by atoms with Crippen LogP contribution in [-0.2, 0) is 11.3 Å². The summed E-state index contributed by atoms with van der Waals surface area (Å²) in [4.78, 5) is 12.5. The summed E-state index contributed by atoms with van der Waals surface area (Å²) >= 11 is 0. The number of ether oxygens (including phenoxy) is 3. The van der Waals surface area contributed by atoms with Gasteiger partial charge >= 0.3 is 0 Å². The Morgan fingerprint density at radius 3 is 2.44 bits per heavy atom. The highest BCUT2D eigenvalue weighted by molar-refractivity contribution is 5.81. The van der Waals surface area contributed by atoms with Crippen LogP contribution >= 0.6 is 0 Å². The number of hydrogen-bond donors (Lipinski definition) is 1. The predicted molar refractivity (Wildman–Crippen MR) is 107 cm³/mol. The fourth-order valence-corrected chi connectivity index (χ4v) is 2.56. The van der Waals surface area contributed by atoms with Crippen molar-refractivity contribution in [3.63, 3.8) is 0 Å². The highest BCUT2D eigenvalue weighted by atomic mass is 16.5. The first-order chi connectivity index (χ1) is 13.1. The Kier molecular flexibility index (Phi) is 7.99. The first-order valence-corrected chi connectivity index (χ1v) is 9.38. The van der Waals surface area contributed by atoms with Gasteiger partial charge in [0.05, 0.1) is 13.7 Å². The summed E-state index contributed by atoms with van der Waals surface area (Å²) in [7, 11) is 1.61.